The number of ether oxygens (including phenoxy) is 1. The lowest BCUT2D eigenvalue weighted by atomic mass is 10.1. The molecule has 6 heteroatoms. The lowest BCUT2D eigenvalue weighted by Gasteiger charge is -2.12. The Balaban J connectivity index is 1.74. The van der Waals surface area contributed by atoms with Crippen LogP contribution in [0, 0.1) is 0 Å². The second-order valence-corrected chi connectivity index (χ2v) is 6.55. The lowest BCUT2D eigenvalue weighted by Crippen LogP contribution is -2.10. The van der Waals surface area contributed by atoms with Gasteiger partial charge in [-0.25, -0.2) is 4.98 Å². The molecule has 0 radical (unpaired) electrons. The molecule has 0 aliphatic rings. The fourth-order valence-corrected chi connectivity index (χ4v) is 3.13. The van der Waals surface area contributed by atoms with Crippen molar-refractivity contribution in [2.24, 2.45) is 0 Å². The number of carbonyl (C=O) groups excluding carboxylic acids is 1. The van der Waals surface area contributed by atoms with E-state index in [4.69, 9.17) is 25.7 Å². The third kappa shape index (κ3) is 3.70. The molecule has 0 fully saturated rings. The van der Waals surface area contributed by atoms with Gasteiger partial charge in [0.1, 0.15) is 5.75 Å². The van der Waals surface area contributed by atoms with Crippen molar-refractivity contribution in [1.29, 1.82) is 0 Å². The summed E-state index contributed by atoms with van der Waals surface area (Å²) in [5.74, 6) is 0.627. The zero-order chi connectivity index (χ0) is 19.5. The van der Waals surface area contributed by atoms with Crippen LogP contribution < -0.4 is 10.1 Å². The minimum Gasteiger partial charge on any atom is -0.493 e. The second kappa shape index (κ2) is 7.74. The SMILES string of the molecule is CCOc1cc(-c2cccc(Cl)c2)nc2ccc(NC(=O)c3ccco3)cc12. The number of pyridine rings is 1. The van der Waals surface area contributed by atoms with Crippen LogP contribution in [0.15, 0.2) is 71.3 Å². The Morgan fingerprint density at radius 2 is 2.04 bits per heavy atom. The van der Waals surface area contributed by atoms with Gasteiger partial charge in [-0.3, -0.25) is 4.79 Å². The topological polar surface area (TPSA) is 64.4 Å². The number of fused-ring (bicyclic) bond motifs is 1. The van der Waals surface area contributed by atoms with E-state index in [2.05, 4.69) is 5.32 Å². The van der Waals surface area contributed by atoms with E-state index in [1.54, 1.807) is 18.2 Å². The first-order valence-electron chi connectivity index (χ1n) is 8.82. The minimum atomic E-state index is -0.314. The van der Waals surface area contributed by atoms with E-state index in [9.17, 15) is 4.79 Å². The van der Waals surface area contributed by atoms with Gasteiger partial charge in [0.05, 0.1) is 24.1 Å². The van der Waals surface area contributed by atoms with Gasteiger partial charge in [-0.2, -0.15) is 0 Å². The van der Waals surface area contributed by atoms with Crippen LogP contribution in [-0.2, 0) is 0 Å². The van der Waals surface area contributed by atoms with E-state index >= 15 is 0 Å². The number of nitrogens with zero attached hydrogens (tertiary/aromatic N) is 1. The van der Waals surface area contributed by atoms with E-state index in [1.807, 2.05) is 49.4 Å². The maximum Gasteiger partial charge on any atom is 0.291 e. The number of anilines is 1. The molecular weight excluding hydrogens is 376 g/mol. The van der Waals surface area contributed by atoms with Crippen molar-refractivity contribution in [2.75, 3.05) is 11.9 Å². The molecule has 4 rings (SSSR count). The summed E-state index contributed by atoms with van der Waals surface area (Å²) < 4.78 is 11.0. The van der Waals surface area contributed by atoms with E-state index in [1.165, 1.54) is 6.26 Å². The maximum absolute atomic E-state index is 12.2. The molecular formula is C22H17ClN2O3. The summed E-state index contributed by atoms with van der Waals surface area (Å²) >= 11 is 6.12. The van der Waals surface area contributed by atoms with E-state index in [0.29, 0.717) is 23.1 Å². The lowest BCUT2D eigenvalue weighted by molar-refractivity contribution is 0.0996. The summed E-state index contributed by atoms with van der Waals surface area (Å²) in [6.07, 6.45) is 1.46. The monoisotopic (exact) mass is 392 g/mol. The van der Waals surface area contributed by atoms with Gasteiger partial charge in [-0.1, -0.05) is 23.7 Å². The average molecular weight is 393 g/mol. The first-order chi connectivity index (χ1) is 13.6. The Morgan fingerprint density at radius 3 is 2.79 bits per heavy atom. The molecule has 2 aromatic heterocycles. The first kappa shape index (κ1) is 18.1. The molecule has 1 amide bonds. The zero-order valence-corrected chi connectivity index (χ0v) is 15.9. The summed E-state index contributed by atoms with van der Waals surface area (Å²) in [7, 11) is 0. The normalized spacial score (nSPS) is 10.8. The Morgan fingerprint density at radius 1 is 1.14 bits per heavy atom. The summed E-state index contributed by atoms with van der Waals surface area (Å²) in [4.78, 5) is 17.0. The first-order valence-corrected chi connectivity index (χ1v) is 9.20. The Labute approximate surface area is 166 Å². The van der Waals surface area contributed by atoms with Crippen molar-refractivity contribution in [1.82, 2.24) is 4.98 Å². The highest BCUT2D eigenvalue weighted by molar-refractivity contribution is 6.30. The van der Waals surface area contributed by atoms with Gasteiger partial charge in [0.15, 0.2) is 5.76 Å². The number of benzene rings is 2. The van der Waals surface area contributed by atoms with Gasteiger partial charge in [0.2, 0.25) is 0 Å². The summed E-state index contributed by atoms with van der Waals surface area (Å²) in [5.41, 5.74) is 3.07. The Kier molecular flexibility index (Phi) is 5.00. The number of carbonyl (C=O) groups is 1. The van der Waals surface area contributed by atoms with Crippen molar-refractivity contribution in [3.8, 4) is 17.0 Å². The van der Waals surface area contributed by atoms with E-state index in [0.717, 1.165) is 22.2 Å². The molecule has 0 unspecified atom stereocenters. The molecule has 5 nitrogen and oxygen atoms in total. The molecule has 0 saturated carbocycles. The molecule has 0 saturated heterocycles. The Hall–Kier alpha value is -3.31. The van der Waals surface area contributed by atoms with Crippen LogP contribution in [0.5, 0.6) is 5.75 Å². The fraction of sp³-hybridized carbons (Fsp3) is 0.0909. The molecule has 1 N–H and O–H groups in total. The van der Waals surface area contributed by atoms with Crippen LogP contribution in [0.4, 0.5) is 5.69 Å². The van der Waals surface area contributed by atoms with Crippen LogP contribution in [0.25, 0.3) is 22.2 Å². The number of hydrogen-bond acceptors (Lipinski definition) is 4. The number of aromatic nitrogens is 1. The largest absolute Gasteiger partial charge is 0.493 e. The van der Waals surface area contributed by atoms with Gasteiger partial charge in [-0.15, -0.1) is 0 Å². The maximum atomic E-state index is 12.2. The molecule has 0 bridgehead atoms. The van der Waals surface area contributed by atoms with Crippen molar-refractivity contribution in [3.63, 3.8) is 0 Å². The summed E-state index contributed by atoms with van der Waals surface area (Å²) in [5, 5.41) is 4.28. The third-order valence-corrected chi connectivity index (χ3v) is 4.43. The van der Waals surface area contributed by atoms with Crippen molar-refractivity contribution in [3.05, 3.63) is 77.7 Å². The highest BCUT2D eigenvalue weighted by atomic mass is 35.5. The van der Waals surface area contributed by atoms with Gasteiger partial charge >= 0.3 is 0 Å². The van der Waals surface area contributed by atoms with Gasteiger partial charge in [0, 0.05) is 27.7 Å². The molecule has 0 aliphatic carbocycles. The predicted octanol–water partition coefficient (Wildman–Crippen LogP) is 5.80. The number of nitrogens with one attached hydrogen (secondary N) is 1. The number of hydrogen-bond donors (Lipinski definition) is 1. The Bertz CT molecular complexity index is 1140. The van der Waals surface area contributed by atoms with Crippen LogP contribution in [0.1, 0.15) is 17.5 Å². The number of amides is 1. The van der Waals surface area contributed by atoms with Gasteiger partial charge < -0.3 is 14.5 Å². The van der Waals surface area contributed by atoms with Gasteiger partial charge in [0.25, 0.3) is 5.91 Å². The second-order valence-electron chi connectivity index (χ2n) is 6.11. The molecule has 4 aromatic rings. The fourth-order valence-electron chi connectivity index (χ4n) is 2.94. The third-order valence-electron chi connectivity index (χ3n) is 4.19. The standard InChI is InChI=1S/C22H17ClN2O3/c1-2-27-21-13-19(14-5-3-6-15(23)11-14)25-18-9-8-16(12-17(18)21)24-22(26)20-7-4-10-28-20/h3-13H,2H2,1H3,(H,24,26). The minimum absolute atomic E-state index is 0.250. The van der Waals surface area contributed by atoms with E-state index < -0.39 is 0 Å². The summed E-state index contributed by atoms with van der Waals surface area (Å²) in [6.45, 7) is 2.44. The smallest absolute Gasteiger partial charge is 0.291 e. The van der Waals surface area contributed by atoms with Crippen molar-refractivity contribution in [2.45, 2.75) is 6.92 Å². The highest BCUT2D eigenvalue weighted by Gasteiger charge is 2.13. The molecule has 2 heterocycles. The summed E-state index contributed by atoms with van der Waals surface area (Å²) in [6, 6.07) is 18.2. The van der Waals surface area contributed by atoms with Crippen molar-refractivity contribution < 1.29 is 13.9 Å². The average Bonchev–Trinajstić information content (AvgIpc) is 3.23. The van der Waals surface area contributed by atoms with Crippen LogP contribution in [0.2, 0.25) is 5.02 Å². The van der Waals surface area contributed by atoms with E-state index in [-0.39, 0.29) is 11.7 Å². The molecule has 140 valence electrons. The molecule has 0 spiro atoms. The van der Waals surface area contributed by atoms with Crippen LogP contribution in [0.3, 0.4) is 0 Å². The quantitative estimate of drug-likeness (QED) is 0.466. The number of rotatable bonds is 5. The zero-order valence-electron chi connectivity index (χ0n) is 15.1. The number of halogens is 1. The van der Waals surface area contributed by atoms with Gasteiger partial charge in [-0.05, 0) is 49.4 Å². The molecule has 28 heavy (non-hydrogen) atoms. The molecule has 2 aromatic carbocycles. The highest BCUT2D eigenvalue weighted by Crippen LogP contribution is 2.32. The predicted molar refractivity (Wildman–Crippen MR) is 110 cm³/mol. The van der Waals surface area contributed by atoms with Crippen LogP contribution in [-0.4, -0.2) is 17.5 Å². The molecule has 0 atom stereocenters. The van der Waals surface area contributed by atoms with Crippen LogP contribution >= 0.6 is 11.6 Å². The molecule has 0 aliphatic heterocycles. The van der Waals surface area contributed by atoms with Crippen molar-refractivity contribution >= 4 is 34.1 Å². The number of furan rings is 1.